The van der Waals surface area contributed by atoms with Gasteiger partial charge in [-0.2, -0.15) is 0 Å². The van der Waals surface area contributed by atoms with Crippen molar-refractivity contribution in [1.29, 1.82) is 0 Å². The van der Waals surface area contributed by atoms with Crippen LogP contribution < -0.4 is 35.3 Å². The van der Waals surface area contributed by atoms with Gasteiger partial charge in [0.1, 0.15) is 6.04 Å². The van der Waals surface area contributed by atoms with E-state index in [2.05, 4.69) is 0 Å². The van der Waals surface area contributed by atoms with Gasteiger partial charge >= 0.3 is 35.5 Å². The van der Waals surface area contributed by atoms with E-state index in [4.69, 9.17) is 10.8 Å². The molecule has 0 heterocycles. The SMILES string of the molecule is CCC(CC)[C@H](N)C(=O)O.[H-].[Na+]. The van der Waals surface area contributed by atoms with E-state index in [1.807, 2.05) is 13.8 Å². The number of aliphatic carboxylic acids is 1. The number of carbonyl (C=O) groups is 1. The Labute approximate surface area is 91.1 Å². The minimum absolute atomic E-state index is 0. The molecule has 0 aromatic carbocycles. The van der Waals surface area contributed by atoms with E-state index in [9.17, 15) is 4.79 Å². The van der Waals surface area contributed by atoms with Crippen LogP contribution in [0.2, 0.25) is 0 Å². The molecular weight excluding hydrogens is 153 g/mol. The van der Waals surface area contributed by atoms with Gasteiger partial charge in [0.25, 0.3) is 0 Å². The number of rotatable bonds is 4. The van der Waals surface area contributed by atoms with Crippen molar-refractivity contribution >= 4 is 5.97 Å². The first kappa shape index (κ1) is 14.0. The maximum Gasteiger partial charge on any atom is 1.00 e. The largest absolute Gasteiger partial charge is 1.00 e. The van der Waals surface area contributed by atoms with Gasteiger partial charge in [0.15, 0.2) is 0 Å². The Morgan fingerprint density at radius 1 is 1.55 bits per heavy atom. The molecule has 0 saturated heterocycles. The van der Waals surface area contributed by atoms with Gasteiger partial charge in [-0.25, -0.2) is 0 Å². The van der Waals surface area contributed by atoms with Crippen molar-refractivity contribution in [3.05, 3.63) is 0 Å². The van der Waals surface area contributed by atoms with E-state index in [1.165, 1.54) is 0 Å². The van der Waals surface area contributed by atoms with Gasteiger partial charge in [-0.05, 0) is 5.92 Å². The van der Waals surface area contributed by atoms with Crippen LogP contribution in [-0.4, -0.2) is 17.1 Å². The summed E-state index contributed by atoms with van der Waals surface area (Å²) in [5.41, 5.74) is 5.38. The average molecular weight is 169 g/mol. The maximum atomic E-state index is 10.3. The Bertz CT molecular complexity index is 120. The Morgan fingerprint density at radius 3 is 2.00 bits per heavy atom. The van der Waals surface area contributed by atoms with E-state index < -0.39 is 12.0 Å². The number of carboxylic acid groups (broad SMARTS) is 1. The summed E-state index contributed by atoms with van der Waals surface area (Å²) in [5.74, 6) is -0.772. The first-order valence-corrected chi connectivity index (χ1v) is 3.61. The van der Waals surface area contributed by atoms with Crippen molar-refractivity contribution in [2.45, 2.75) is 32.7 Å². The zero-order valence-corrected chi connectivity index (χ0v) is 9.50. The normalized spacial score (nSPS) is 12.4. The van der Waals surface area contributed by atoms with Crippen LogP contribution in [-0.2, 0) is 4.79 Å². The second-order valence-electron chi connectivity index (χ2n) is 2.44. The van der Waals surface area contributed by atoms with Crippen molar-refractivity contribution in [3.8, 4) is 0 Å². The summed E-state index contributed by atoms with van der Waals surface area (Å²) in [6.45, 7) is 3.91. The predicted molar refractivity (Wildman–Crippen MR) is 40.8 cm³/mol. The topological polar surface area (TPSA) is 63.3 Å². The molecule has 0 aromatic rings. The minimum Gasteiger partial charge on any atom is -1.00 e. The molecule has 0 aliphatic heterocycles. The third-order valence-electron chi connectivity index (χ3n) is 1.84. The summed E-state index contributed by atoms with van der Waals surface area (Å²) in [4.78, 5) is 10.3. The van der Waals surface area contributed by atoms with Gasteiger partial charge in [0, 0.05) is 0 Å². The average Bonchev–Trinajstić information content (AvgIpc) is 1.90. The Kier molecular flexibility index (Phi) is 9.02. The third-order valence-corrected chi connectivity index (χ3v) is 1.84. The number of nitrogens with two attached hydrogens (primary N) is 1. The molecule has 62 valence electrons. The summed E-state index contributed by atoms with van der Waals surface area (Å²) in [5, 5.41) is 8.49. The van der Waals surface area contributed by atoms with Crippen molar-refractivity contribution in [1.82, 2.24) is 0 Å². The van der Waals surface area contributed by atoms with Crippen LogP contribution in [0.5, 0.6) is 0 Å². The number of hydrogen-bond acceptors (Lipinski definition) is 2. The molecule has 0 rings (SSSR count). The van der Waals surface area contributed by atoms with Crippen LogP contribution in [0.4, 0.5) is 0 Å². The zero-order valence-electron chi connectivity index (χ0n) is 8.50. The number of hydrogen-bond donors (Lipinski definition) is 2. The summed E-state index contributed by atoms with van der Waals surface area (Å²) < 4.78 is 0. The predicted octanol–water partition coefficient (Wildman–Crippen LogP) is -2.05. The van der Waals surface area contributed by atoms with Gasteiger partial charge in [-0.1, -0.05) is 26.7 Å². The van der Waals surface area contributed by atoms with E-state index in [0.717, 1.165) is 12.8 Å². The zero-order chi connectivity index (χ0) is 8.15. The smallest absolute Gasteiger partial charge is 1.00 e. The van der Waals surface area contributed by atoms with Crippen LogP contribution in [0.3, 0.4) is 0 Å². The molecule has 1 atom stereocenters. The standard InChI is InChI=1S/C7H15NO2.Na.H/c1-3-5(4-2)6(8)7(9)10;;/h5-6H,3-4,8H2,1-2H3,(H,9,10);;/q;+1;-1/t6-;;/m0../s1. The van der Waals surface area contributed by atoms with E-state index in [1.54, 1.807) is 0 Å². The molecule has 0 saturated carbocycles. The van der Waals surface area contributed by atoms with Gasteiger partial charge in [-0.3, -0.25) is 4.79 Å². The quantitative estimate of drug-likeness (QED) is 0.476. The summed E-state index contributed by atoms with van der Waals surface area (Å²) in [6, 6.07) is -0.685. The van der Waals surface area contributed by atoms with Crippen molar-refractivity contribution in [3.63, 3.8) is 0 Å². The third kappa shape index (κ3) is 4.80. The maximum absolute atomic E-state index is 10.3. The van der Waals surface area contributed by atoms with E-state index in [0.29, 0.717) is 0 Å². The first-order valence-electron chi connectivity index (χ1n) is 3.61. The molecule has 0 aliphatic rings. The Morgan fingerprint density at radius 2 is 1.91 bits per heavy atom. The molecule has 0 spiro atoms. The first-order chi connectivity index (χ1) is 4.63. The summed E-state index contributed by atoms with van der Waals surface area (Å²) >= 11 is 0. The van der Waals surface area contributed by atoms with E-state index in [-0.39, 0.29) is 36.9 Å². The van der Waals surface area contributed by atoms with Gasteiger partial charge in [0.05, 0.1) is 0 Å². The van der Waals surface area contributed by atoms with Crippen molar-refractivity contribution in [2.75, 3.05) is 0 Å². The summed E-state index contributed by atoms with van der Waals surface area (Å²) in [7, 11) is 0. The van der Waals surface area contributed by atoms with E-state index >= 15 is 0 Å². The molecule has 0 amide bonds. The van der Waals surface area contributed by atoms with Crippen molar-refractivity contribution in [2.24, 2.45) is 11.7 Å². The molecule has 3 N–H and O–H groups in total. The molecule has 0 aromatic heterocycles. The Balaban J connectivity index is -0.000000405. The Hall–Kier alpha value is 0.430. The van der Waals surface area contributed by atoms with Crippen molar-refractivity contribution < 1.29 is 40.9 Å². The van der Waals surface area contributed by atoms with Crippen LogP contribution in [0.1, 0.15) is 28.1 Å². The molecule has 0 radical (unpaired) electrons. The monoisotopic (exact) mass is 169 g/mol. The molecule has 0 fully saturated rings. The fourth-order valence-electron chi connectivity index (χ4n) is 0.998. The van der Waals surface area contributed by atoms with Gasteiger partial charge in [0.2, 0.25) is 0 Å². The minimum atomic E-state index is -0.895. The molecule has 3 nitrogen and oxygen atoms in total. The second-order valence-corrected chi connectivity index (χ2v) is 2.44. The van der Waals surface area contributed by atoms with Gasteiger partial charge < -0.3 is 12.3 Å². The van der Waals surface area contributed by atoms with Crippen LogP contribution >= 0.6 is 0 Å². The molecule has 4 heteroatoms. The van der Waals surface area contributed by atoms with Gasteiger partial charge in [-0.15, -0.1) is 0 Å². The number of carboxylic acids is 1. The van der Waals surface area contributed by atoms with Crippen LogP contribution in [0, 0.1) is 5.92 Å². The molecule has 0 unspecified atom stereocenters. The van der Waals surface area contributed by atoms with Crippen LogP contribution in [0.25, 0.3) is 0 Å². The second kappa shape index (κ2) is 7.10. The molecular formula is C7H16NNaO2. The van der Waals surface area contributed by atoms with Crippen LogP contribution in [0.15, 0.2) is 0 Å². The molecule has 0 bridgehead atoms. The summed E-state index contributed by atoms with van der Waals surface area (Å²) in [6.07, 6.45) is 1.67. The molecule has 0 aliphatic carbocycles. The fraction of sp³-hybridized carbons (Fsp3) is 0.857. The molecule has 11 heavy (non-hydrogen) atoms. The fourth-order valence-corrected chi connectivity index (χ4v) is 0.998.